The molecule has 2 fully saturated rings. The molecular formula is C20H22N3O2S. The lowest BCUT2D eigenvalue weighted by Crippen LogP contribution is -2.37. The van der Waals surface area contributed by atoms with E-state index < -0.39 is 5.41 Å². The van der Waals surface area contributed by atoms with Crippen molar-refractivity contribution in [1.82, 2.24) is 9.88 Å². The van der Waals surface area contributed by atoms with Crippen LogP contribution in [0.15, 0.2) is 18.2 Å². The summed E-state index contributed by atoms with van der Waals surface area (Å²) in [4.78, 5) is 32.3. The van der Waals surface area contributed by atoms with Crippen LogP contribution in [0.1, 0.15) is 39.5 Å². The van der Waals surface area contributed by atoms with E-state index in [0.717, 1.165) is 26.6 Å². The number of likely N-dealkylation sites (tertiary alicyclic amines) is 1. The molecule has 2 aromatic rings. The van der Waals surface area contributed by atoms with Crippen LogP contribution in [0.4, 0.5) is 0 Å². The van der Waals surface area contributed by atoms with Crippen molar-refractivity contribution in [1.29, 1.82) is 0 Å². The summed E-state index contributed by atoms with van der Waals surface area (Å²) in [5.41, 5.74) is 8.76. The highest BCUT2D eigenvalue weighted by Gasteiger charge is 2.68. The smallest absolute Gasteiger partial charge is 0.274 e. The Morgan fingerprint density at radius 2 is 1.88 bits per heavy atom. The first-order valence-electron chi connectivity index (χ1n) is 8.74. The molecule has 0 spiro atoms. The van der Waals surface area contributed by atoms with Gasteiger partial charge < -0.3 is 10.6 Å². The average molecular weight is 368 g/mol. The molecule has 2 amide bonds. The molecule has 0 unspecified atom stereocenters. The van der Waals surface area contributed by atoms with Crippen molar-refractivity contribution in [3.8, 4) is 10.4 Å². The molecule has 6 heteroatoms. The molecule has 3 atom stereocenters. The van der Waals surface area contributed by atoms with E-state index in [4.69, 9.17) is 5.73 Å². The molecule has 4 rings (SSSR count). The van der Waals surface area contributed by atoms with Gasteiger partial charge in [-0.3, -0.25) is 9.59 Å². The van der Waals surface area contributed by atoms with Gasteiger partial charge in [0.25, 0.3) is 5.91 Å². The van der Waals surface area contributed by atoms with E-state index in [1.165, 1.54) is 11.3 Å². The molecule has 2 heterocycles. The zero-order valence-corrected chi connectivity index (χ0v) is 16.0. The molecular weight excluding hydrogens is 346 g/mol. The third-order valence-electron chi connectivity index (χ3n) is 5.51. The highest BCUT2D eigenvalue weighted by atomic mass is 32.1. The second-order valence-corrected chi connectivity index (χ2v) is 8.80. The van der Waals surface area contributed by atoms with Crippen LogP contribution in [0.2, 0.25) is 0 Å². The largest absolute Gasteiger partial charge is 0.369 e. The zero-order valence-electron chi connectivity index (χ0n) is 15.2. The molecule has 1 saturated heterocycles. The Morgan fingerprint density at radius 1 is 1.23 bits per heavy atom. The van der Waals surface area contributed by atoms with Crippen LogP contribution in [0.5, 0.6) is 0 Å². The van der Waals surface area contributed by atoms with Crippen molar-refractivity contribution in [3.05, 3.63) is 47.0 Å². The normalized spacial score (nSPS) is 26.7. The van der Waals surface area contributed by atoms with Crippen molar-refractivity contribution in [2.24, 2.45) is 11.1 Å². The Bertz CT molecular complexity index is 915. The van der Waals surface area contributed by atoms with Gasteiger partial charge in [0.15, 0.2) is 0 Å². The fourth-order valence-corrected chi connectivity index (χ4v) is 5.21. The second-order valence-electron chi connectivity index (χ2n) is 7.60. The number of hydrogen-bond acceptors (Lipinski definition) is 4. The number of aryl methyl sites for hydroxylation is 3. The number of carbonyl (C=O) groups is 2. The van der Waals surface area contributed by atoms with Gasteiger partial charge >= 0.3 is 0 Å². The molecule has 135 valence electrons. The number of primary amides is 1. The molecule has 1 aromatic heterocycles. The maximum atomic E-state index is 13.3. The first-order chi connectivity index (χ1) is 12.2. The summed E-state index contributed by atoms with van der Waals surface area (Å²) in [7, 11) is 0. The third kappa shape index (κ3) is 2.47. The van der Waals surface area contributed by atoms with Crippen LogP contribution in [0.25, 0.3) is 10.4 Å². The third-order valence-corrected chi connectivity index (χ3v) is 6.53. The lowest BCUT2D eigenvalue weighted by Gasteiger charge is -2.24. The summed E-state index contributed by atoms with van der Waals surface area (Å²) in [6.07, 6.45) is 1.18. The van der Waals surface area contributed by atoms with E-state index in [1.54, 1.807) is 4.90 Å². The number of benzene rings is 1. The average Bonchev–Trinajstić information content (AvgIpc) is 2.98. The number of fused-ring (bicyclic) bond motifs is 1. The number of piperidine rings is 1. The summed E-state index contributed by atoms with van der Waals surface area (Å²) in [5.74, 6) is -0.468. The van der Waals surface area contributed by atoms with Gasteiger partial charge in [0.2, 0.25) is 5.91 Å². The van der Waals surface area contributed by atoms with E-state index in [2.05, 4.69) is 30.1 Å². The maximum absolute atomic E-state index is 13.3. The van der Waals surface area contributed by atoms with Crippen LogP contribution < -0.4 is 5.73 Å². The van der Waals surface area contributed by atoms with Gasteiger partial charge in [-0.25, -0.2) is 4.98 Å². The minimum absolute atomic E-state index is 0.135. The van der Waals surface area contributed by atoms with Crippen molar-refractivity contribution >= 4 is 23.2 Å². The summed E-state index contributed by atoms with van der Waals surface area (Å²) < 4.78 is 0. The van der Waals surface area contributed by atoms with Gasteiger partial charge in [-0.2, -0.15) is 0 Å². The molecule has 0 bridgehead atoms. The fraction of sp³-hybridized carbons (Fsp3) is 0.400. The Morgan fingerprint density at radius 3 is 2.46 bits per heavy atom. The molecule has 26 heavy (non-hydrogen) atoms. The van der Waals surface area contributed by atoms with Crippen molar-refractivity contribution in [2.45, 2.75) is 45.7 Å². The molecule has 1 aliphatic heterocycles. The van der Waals surface area contributed by atoms with Crippen LogP contribution in [0, 0.1) is 33.1 Å². The van der Waals surface area contributed by atoms with E-state index in [-0.39, 0.29) is 23.9 Å². The summed E-state index contributed by atoms with van der Waals surface area (Å²) in [6.45, 7) is 10.1. The summed E-state index contributed by atoms with van der Waals surface area (Å²) in [6, 6.07) is 5.88. The monoisotopic (exact) mass is 368 g/mol. The topological polar surface area (TPSA) is 76.3 Å². The van der Waals surface area contributed by atoms with Gasteiger partial charge in [-0.1, -0.05) is 29.3 Å². The predicted molar refractivity (Wildman–Crippen MR) is 102 cm³/mol. The molecule has 1 aromatic carbocycles. The minimum Gasteiger partial charge on any atom is -0.369 e. The lowest BCUT2D eigenvalue weighted by atomic mass is 10.00. The SMILES string of the molecule is [CH2][C@H]1C[C@@]2(C(N)=O)C[C@@H]2N1C(=O)c1nc(C)sc1-c1cc(C)cc(C)c1. The highest BCUT2D eigenvalue weighted by molar-refractivity contribution is 7.15. The summed E-state index contributed by atoms with van der Waals surface area (Å²) >= 11 is 1.52. The number of nitrogens with two attached hydrogens (primary N) is 1. The number of rotatable bonds is 3. The van der Waals surface area contributed by atoms with Gasteiger partial charge in [0, 0.05) is 12.1 Å². The van der Waals surface area contributed by atoms with E-state index in [0.29, 0.717) is 18.5 Å². The van der Waals surface area contributed by atoms with Crippen molar-refractivity contribution < 1.29 is 9.59 Å². The van der Waals surface area contributed by atoms with Crippen LogP contribution in [-0.4, -0.2) is 33.8 Å². The first-order valence-corrected chi connectivity index (χ1v) is 9.56. The minimum atomic E-state index is -0.576. The van der Waals surface area contributed by atoms with E-state index >= 15 is 0 Å². The fourth-order valence-electron chi connectivity index (χ4n) is 4.31. The van der Waals surface area contributed by atoms with Crippen molar-refractivity contribution in [2.75, 3.05) is 0 Å². The summed E-state index contributed by atoms with van der Waals surface area (Å²) in [5, 5.41) is 0.847. The molecule has 2 aliphatic rings. The molecule has 1 radical (unpaired) electrons. The predicted octanol–water partition coefficient (Wildman–Crippen LogP) is 3.03. The van der Waals surface area contributed by atoms with Gasteiger partial charge in [-0.15, -0.1) is 11.3 Å². The van der Waals surface area contributed by atoms with E-state index in [9.17, 15) is 9.59 Å². The maximum Gasteiger partial charge on any atom is 0.274 e. The van der Waals surface area contributed by atoms with Gasteiger partial charge in [0.05, 0.1) is 15.3 Å². The second kappa shape index (κ2) is 5.64. The van der Waals surface area contributed by atoms with Crippen LogP contribution in [0.3, 0.4) is 0 Å². The number of amides is 2. The molecule has 2 N–H and O–H groups in total. The van der Waals surface area contributed by atoms with Crippen LogP contribution >= 0.6 is 11.3 Å². The number of thiazole rings is 1. The number of hydrogen-bond donors (Lipinski definition) is 1. The zero-order chi connectivity index (χ0) is 18.8. The Hall–Kier alpha value is -2.21. The Kier molecular flexibility index (Phi) is 3.74. The molecule has 1 aliphatic carbocycles. The van der Waals surface area contributed by atoms with E-state index in [1.807, 2.05) is 20.8 Å². The van der Waals surface area contributed by atoms with Gasteiger partial charge in [-0.05, 0) is 46.1 Å². The Labute approximate surface area is 157 Å². The molecule has 1 saturated carbocycles. The van der Waals surface area contributed by atoms with Crippen molar-refractivity contribution in [3.63, 3.8) is 0 Å². The van der Waals surface area contributed by atoms with Gasteiger partial charge in [0.1, 0.15) is 5.69 Å². The van der Waals surface area contributed by atoms with Crippen LogP contribution in [-0.2, 0) is 4.79 Å². The number of carbonyl (C=O) groups excluding carboxylic acids is 2. The number of nitrogens with zero attached hydrogens (tertiary/aromatic N) is 2. The lowest BCUT2D eigenvalue weighted by molar-refractivity contribution is -0.123. The molecule has 5 nitrogen and oxygen atoms in total. The number of aromatic nitrogens is 1. The quantitative estimate of drug-likeness (QED) is 0.905. The Balaban J connectivity index is 1.73. The first kappa shape index (κ1) is 17.2. The highest BCUT2D eigenvalue weighted by Crippen LogP contribution is 2.59. The standard InChI is InChI=1S/C20H22N3O2S/c1-10-5-11(2)7-14(6-10)17-16(22-13(4)26-17)18(24)23-12(3)8-20(19(21)25)9-15(20)23/h5-7,12,15H,3,8-9H2,1-2,4H3,(H2,21,25)/t12-,15-,20+/m0/s1.